The van der Waals surface area contributed by atoms with Crippen molar-refractivity contribution >= 4 is 10.0 Å². The van der Waals surface area contributed by atoms with E-state index in [2.05, 4.69) is 6.92 Å². The summed E-state index contributed by atoms with van der Waals surface area (Å²) >= 11 is 0. The van der Waals surface area contributed by atoms with Gasteiger partial charge in [-0.15, -0.1) is 0 Å². The molecule has 0 atom stereocenters. The number of rotatable bonds is 9. The van der Waals surface area contributed by atoms with Gasteiger partial charge in [0.2, 0.25) is 10.0 Å². The summed E-state index contributed by atoms with van der Waals surface area (Å²) in [4.78, 5) is 0.279. The molecule has 0 aliphatic rings. The summed E-state index contributed by atoms with van der Waals surface area (Å²) < 4.78 is 27.4. The van der Waals surface area contributed by atoms with Crippen LogP contribution in [0.4, 0.5) is 0 Å². The first kappa shape index (κ1) is 19.2. The second kappa shape index (κ2) is 9.36. The first-order chi connectivity index (χ1) is 12.1. The number of benzene rings is 2. The summed E-state index contributed by atoms with van der Waals surface area (Å²) in [7, 11) is -3.63. The maximum Gasteiger partial charge on any atom is 0.243 e. The summed E-state index contributed by atoms with van der Waals surface area (Å²) in [6.45, 7) is 2.59. The van der Waals surface area contributed by atoms with Crippen LogP contribution in [0.2, 0.25) is 0 Å². The van der Waals surface area contributed by atoms with Gasteiger partial charge in [-0.1, -0.05) is 55.8 Å². The molecule has 0 spiro atoms. The van der Waals surface area contributed by atoms with E-state index in [1.54, 1.807) is 12.1 Å². The van der Waals surface area contributed by atoms with E-state index in [4.69, 9.17) is 5.26 Å². The Morgan fingerprint density at radius 2 is 1.68 bits per heavy atom. The van der Waals surface area contributed by atoms with Crippen LogP contribution in [0.25, 0.3) is 0 Å². The number of sulfonamides is 1. The molecule has 132 valence electrons. The van der Waals surface area contributed by atoms with Crippen LogP contribution in [0.15, 0.2) is 59.5 Å². The average molecular weight is 356 g/mol. The van der Waals surface area contributed by atoms with Gasteiger partial charge in [0.25, 0.3) is 0 Å². The topological polar surface area (TPSA) is 61.2 Å². The predicted octanol–water partition coefficient (Wildman–Crippen LogP) is 4.13. The Morgan fingerprint density at radius 3 is 2.28 bits per heavy atom. The van der Waals surface area contributed by atoms with Crippen LogP contribution in [-0.2, 0) is 23.0 Å². The summed E-state index contributed by atoms with van der Waals surface area (Å²) in [5.74, 6) is 0. The van der Waals surface area contributed by atoms with Gasteiger partial charge in [-0.25, -0.2) is 8.42 Å². The van der Waals surface area contributed by atoms with Gasteiger partial charge in [0.1, 0.15) is 0 Å². The third-order valence-electron chi connectivity index (χ3n) is 4.05. The Balaban J connectivity index is 2.23. The van der Waals surface area contributed by atoms with Crippen LogP contribution >= 0.6 is 0 Å². The lowest BCUT2D eigenvalue weighted by molar-refractivity contribution is 0.413. The lowest BCUT2D eigenvalue weighted by Gasteiger charge is -2.21. The van der Waals surface area contributed by atoms with Gasteiger partial charge in [0, 0.05) is 19.5 Å². The van der Waals surface area contributed by atoms with Gasteiger partial charge in [-0.05, 0) is 36.1 Å². The molecule has 2 rings (SSSR count). The van der Waals surface area contributed by atoms with E-state index in [1.807, 2.05) is 48.5 Å². The zero-order chi connectivity index (χ0) is 18.1. The molecular formula is C20H24N2O2S. The van der Waals surface area contributed by atoms with E-state index in [1.165, 1.54) is 4.31 Å². The van der Waals surface area contributed by atoms with E-state index in [9.17, 15) is 8.42 Å². The Kier molecular flexibility index (Phi) is 7.17. The second-order valence-corrected chi connectivity index (χ2v) is 7.92. The highest BCUT2D eigenvalue weighted by atomic mass is 32.2. The smallest absolute Gasteiger partial charge is 0.207 e. The zero-order valence-electron chi connectivity index (χ0n) is 14.6. The van der Waals surface area contributed by atoms with Gasteiger partial charge >= 0.3 is 0 Å². The SMILES string of the molecule is CCCCc1ccc(S(=O)(=O)N(CCC#N)Cc2ccccc2)cc1. The molecule has 0 aromatic heterocycles. The van der Waals surface area contributed by atoms with Crippen molar-refractivity contribution in [2.24, 2.45) is 0 Å². The van der Waals surface area contributed by atoms with Crippen molar-refractivity contribution < 1.29 is 8.42 Å². The summed E-state index contributed by atoms with van der Waals surface area (Å²) in [6, 6.07) is 18.6. The number of nitrogens with zero attached hydrogens (tertiary/aromatic N) is 2. The Bertz CT molecular complexity index is 794. The molecule has 0 aliphatic carbocycles. The lowest BCUT2D eigenvalue weighted by atomic mass is 10.1. The third kappa shape index (κ3) is 5.42. The normalized spacial score (nSPS) is 11.4. The molecule has 2 aromatic carbocycles. The minimum atomic E-state index is -3.63. The highest BCUT2D eigenvalue weighted by Crippen LogP contribution is 2.20. The molecular weight excluding hydrogens is 332 g/mol. The summed E-state index contributed by atoms with van der Waals surface area (Å²) in [5.41, 5.74) is 2.05. The van der Waals surface area contributed by atoms with Crippen molar-refractivity contribution in [3.63, 3.8) is 0 Å². The fourth-order valence-electron chi connectivity index (χ4n) is 2.60. The van der Waals surface area contributed by atoms with Crippen molar-refractivity contribution in [3.05, 3.63) is 65.7 Å². The zero-order valence-corrected chi connectivity index (χ0v) is 15.4. The average Bonchev–Trinajstić information content (AvgIpc) is 2.64. The number of aryl methyl sites for hydroxylation is 1. The van der Waals surface area contributed by atoms with Crippen molar-refractivity contribution in [1.29, 1.82) is 5.26 Å². The van der Waals surface area contributed by atoms with Crippen molar-refractivity contribution in [2.45, 2.75) is 44.0 Å². The minimum Gasteiger partial charge on any atom is -0.207 e. The van der Waals surface area contributed by atoms with Crippen LogP contribution in [-0.4, -0.2) is 19.3 Å². The van der Waals surface area contributed by atoms with Gasteiger partial charge in [-0.2, -0.15) is 9.57 Å². The standard InChI is InChI=1S/C20H24N2O2S/c1-2-3-8-18-11-13-20(14-12-18)25(23,24)22(16-7-15-21)17-19-9-5-4-6-10-19/h4-6,9-14H,2-3,7-8,16-17H2,1H3. The highest BCUT2D eigenvalue weighted by molar-refractivity contribution is 7.89. The Morgan fingerprint density at radius 1 is 1.00 bits per heavy atom. The van der Waals surface area contributed by atoms with Crippen LogP contribution in [0.1, 0.15) is 37.3 Å². The van der Waals surface area contributed by atoms with Crippen LogP contribution in [0.3, 0.4) is 0 Å². The van der Waals surface area contributed by atoms with E-state index < -0.39 is 10.0 Å². The molecule has 0 radical (unpaired) electrons. The molecule has 0 unspecified atom stereocenters. The second-order valence-electron chi connectivity index (χ2n) is 5.98. The van der Waals surface area contributed by atoms with Crippen LogP contribution < -0.4 is 0 Å². The molecule has 0 saturated carbocycles. The molecule has 0 amide bonds. The van der Waals surface area contributed by atoms with E-state index in [-0.39, 0.29) is 24.4 Å². The molecule has 5 heteroatoms. The Hall–Kier alpha value is -2.16. The third-order valence-corrected chi connectivity index (χ3v) is 5.91. The van der Waals surface area contributed by atoms with E-state index >= 15 is 0 Å². The number of nitriles is 1. The lowest BCUT2D eigenvalue weighted by Crippen LogP contribution is -2.31. The molecule has 2 aromatic rings. The van der Waals surface area contributed by atoms with Gasteiger partial charge in [0.15, 0.2) is 0 Å². The number of hydrogen-bond acceptors (Lipinski definition) is 3. The van der Waals surface area contributed by atoms with Crippen molar-refractivity contribution in [1.82, 2.24) is 4.31 Å². The molecule has 0 fully saturated rings. The monoisotopic (exact) mass is 356 g/mol. The quantitative estimate of drug-likeness (QED) is 0.678. The van der Waals surface area contributed by atoms with E-state index in [0.717, 1.165) is 30.4 Å². The maximum absolute atomic E-state index is 13.0. The fourth-order valence-corrected chi connectivity index (χ4v) is 4.03. The molecule has 0 heterocycles. The van der Waals surface area contributed by atoms with Gasteiger partial charge < -0.3 is 0 Å². The molecule has 4 nitrogen and oxygen atoms in total. The first-order valence-corrected chi connectivity index (χ1v) is 10.0. The molecule has 25 heavy (non-hydrogen) atoms. The van der Waals surface area contributed by atoms with Crippen molar-refractivity contribution in [2.75, 3.05) is 6.54 Å². The molecule has 0 N–H and O–H groups in total. The first-order valence-electron chi connectivity index (χ1n) is 8.58. The van der Waals surface area contributed by atoms with Crippen molar-refractivity contribution in [3.8, 4) is 6.07 Å². The number of unbranched alkanes of at least 4 members (excludes halogenated alkanes) is 1. The largest absolute Gasteiger partial charge is 0.243 e. The van der Waals surface area contributed by atoms with Gasteiger partial charge in [-0.3, -0.25) is 0 Å². The summed E-state index contributed by atoms with van der Waals surface area (Å²) in [5, 5.41) is 8.86. The summed E-state index contributed by atoms with van der Waals surface area (Å²) in [6.07, 6.45) is 3.33. The highest BCUT2D eigenvalue weighted by Gasteiger charge is 2.24. The minimum absolute atomic E-state index is 0.167. The fraction of sp³-hybridized carbons (Fsp3) is 0.350. The van der Waals surface area contributed by atoms with E-state index in [0.29, 0.717) is 0 Å². The molecule has 0 saturated heterocycles. The molecule has 0 bridgehead atoms. The van der Waals surface area contributed by atoms with Crippen LogP contribution in [0.5, 0.6) is 0 Å². The Labute approximate surface area is 150 Å². The van der Waals surface area contributed by atoms with Gasteiger partial charge in [0.05, 0.1) is 11.0 Å². The number of hydrogen-bond donors (Lipinski definition) is 0. The van der Waals surface area contributed by atoms with Crippen LogP contribution in [0, 0.1) is 11.3 Å². The predicted molar refractivity (Wildman–Crippen MR) is 99.3 cm³/mol. The molecule has 0 aliphatic heterocycles. The maximum atomic E-state index is 13.0.